The molecule has 128 valence electrons. The second-order valence-electron chi connectivity index (χ2n) is 6.07. The van der Waals surface area contributed by atoms with Crippen molar-refractivity contribution in [2.75, 3.05) is 33.4 Å². The molecule has 0 bridgehead atoms. The molecule has 0 saturated carbocycles. The van der Waals surface area contributed by atoms with Crippen molar-refractivity contribution >= 4 is 12.2 Å². The summed E-state index contributed by atoms with van der Waals surface area (Å²) in [6, 6.07) is -0.502. The summed E-state index contributed by atoms with van der Waals surface area (Å²) in [5.74, 6) is 0. The first kappa shape index (κ1) is 18.5. The quantitative estimate of drug-likeness (QED) is 0.836. The van der Waals surface area contributed by atoms with E-state index in [4.69, 9.17) is 14.2 Å². The molecule has 1 N–H and O–H groups in total. The van der Waals surface area contributed by atoms with Crippen LogP contribution in [0, 0.1) is 0 Å². The van der Waals surface area contributed by atoms with Gasteiger partial charge in [0.1, 0.15) is 5.60 Å². The maximum absolute atomic E-state index is 12.3. The van der Waals surface area contributed by atoms with Gasteiger partial charge in [-0.05, 0) is 27.7 Å². The van der Waals surface area contributed by atoms with E-state index in [-0.39, 0.29) is 19.8 Å². The van der Waals surface area contributed by atoms with Gasteiger partial charge >= 0.3 is 12.2 Å². The number of methoxy groups -OCH3 is 1. The Morgan fingerprint density at radius 3 is 2.50 bits per heavy atom. The number of hydrogen-bond acceptors (Lipinski definition) is 6. The van der Waals surface area contributed by atoms with Crippen molar-refractivity contribution in [1.29, 1.82) is 0 Å². The van der Waals surface area contributed by atoms with Gasteiger partial charge in [-0.2, -0.15) is 0 Å². The summed E-state index contributed by atoms with van der Waals surface area (Å²) in [5, 5.41) is 10.1. The molecule has 1 heterocycles. The zero-order valence-corrected chi connectivity index (χ0v) is 13.9. The highest BCUT2D eigenvalue weighted by Crippen LogP contribution is 2.18. The number of carbonyl (C=O) groups is 2. The summed E-state index contributed by atoms with van der Waals surface area (Å²) in [7, 11) is 1.29. The number of ether oxygens (including phenoxy) is 3. The van der Waals surface area contributed by atoms with Crippen molar-refractivity contribution in [3.05, 3.63) is 0 Å². The molecular formula is C14H26N2O6. The monoisotopic (exact) mass is 318 g/mol. The Morgan fingerprint density at radius 2 is 2.00 bits per heavy atom. The van der Waals surface area contributed by atoms with E-state index in [1.165, 1.54) is 16.9 Å². The van der Waals surface area contributed by atoms with Crippen LogP contribution in [0.2, 0.25) is 0 Å². The lowest BCUT2D eigenvalue weighted by Crippen LogP contribution is -2.59. The van der Waals surface area contributed by atoms with E-state index in [0.717, 1.165) is 0 Å². The highest BCUT2D eigenvalue weighted by molar-refractivity contribution is 5.70. The molecule has 0 aromatic heterocycles. The van der Waals surface area contributed by atoms with Crippen molar-refractivity contribution in [3.63, 3.8) is 0 Å². The Bertz CT molecular complexity index is 395. The van der Waals surface area contributed by atoms with E-state index in [1.54, 1.807) is 27.7 Å². The van der Waals surface area contributed by atoms with E-state index in [0.29, 0.717) is 6.54 Å². The van der Waals surface area contributed by atoms with Crippen molar-refractivity contribution in [2.45, 2.75) is 45.6 Å². The first-order chi connectivity index (χ1) is 10.2. The fourth-order valence-corrected chi connectivity index (χ4v) is 2.16. The van der Waals surface area contributed by atoms with E-state index >= 15 is 0 Å². The summed E-state index contributed by atoms with van der Waals surface area (Å²) < 4.78 is 15.3. The van der Waals surface area contributed by atoms with Gasteiger partial charge < -0.3 is 24.2 Å². The molecule has 0 aliphatic carbocycles. The van der Waals surface area contributed by atoms with Gasteiger partial charge in [0.05, 0.1) is 26.4 Å². The number of morpholine rings is 1. The molecular weight excluding hydrogens is 292 g/mol. The Labute approximate surface area is 130 Å². The summed E-state index contributed by atoms with van der Waals surface area (Å²) in [6.45, 7) is 7.89. The van der Waals surface area contributed by atoms with Gasteiger partial charge in [0.25, 0.3) is 0 Å². The second-order valence-corrected chi connectivity index (χ2v) is 6.07. The number of aliphatic hydroxyl groups is 1. The van der Waals surface area contributed by atoms with Crippen LogP contribution < -0.4 is 0 Å². The van der Waals surface area contributed by atoms with Crippen LogP contribution in [0.15, 0.2) is 0 Å². The SMILES string of the molecule is CCN(CC1COCC(O)N1C(=O)OC(C)(C)C)C(=O)OC. The van der Waals surface area contributed by atoms with E-state index in [2.05, 4.69) is 0 Å². The average molecular weight is 318 g/mol. The number of hydrogen-bond donors (Lipinski definition) is 1. The predicted octanol–water partition coefficient (Wildman–Crippen LogP) is 1.03. The minimum atomic E-state index is -1.11. The number of carbonyl (C=O) groups excluding carboxylic acids is 2. The van der Waals surface area contributed by atoms with Gasteiger partial charge in [-0.15, -0.1) is 0 Å². The standard InChI is InChI=1S/C14H26N2O6/c1-6-15(12(18)20-5)7-10-8-21-9-11(17)16(10)13(19)22-14(2,3)4/h10-11,17H,6-9H2,1-5H3. The lowest BCUT2D eigenvalue weighted by atomic mass is 10.2. The third-order valence-electron chi connectivity index (χ3n) is 3.14. The maximum atomic E-state index is 12.3. The summed E-state index contributed by atoms with van der Waals surface area (Å²) in [4.78, 5) is 26.6. The Balaban J connectivity index is 2.84. The number of amides is 2. The molecule has 1 aliphatic rings. The highest BCUT2D eigenvalue weighted by atomic mass is 16.6. The average Bonchev–Trinajstić information content (AvgIpc) is 2.41. The molecule has 0 aromatic rings. The normalized spacial score (nSPS) is 22.2. The summed E-state index contributed by atoms with van der Waals surface area (Å²) >= 11 is 0. The van der Waals surface area contributed by atoms with Crippen LogP contribution in [0.5, 0.6) is 0 Å². The Morgan fingerprint density at radius 1 is 1.36 bits per heavy atom. The van der Waals surface area contributed by atoms with Gasteiger partial charge in [-0.3, -0.25) is 4.90 Å². The number of likely N-dealkylation sites (N-methyl/N-ethyl adjacent to an activating group) is 1. The molecule has 22 heavy (non-hydrogen) atoms. The van der Waals surface area contributed by atoms with Crippen LogP contribution in [-0.4, -0.2) is 78.4 Å². The van der Waals surface area contributed by atoms with Crippen molar-refractivity contribution in [1.82, 2.24) is 9.80 Å². The van der Waals surface area contributed by atoms with Crippen molar-refractivity contribution < 1.29 is 28.9 Å². The number of rotatable bonds is 3. The zero-order chi connectivity index (χ0) is 16.9. The van der Waals surface area contributed by atoms with E-state index < -0.39 is 30.1 Å². The number of nitrogens with zero attached hydrogens (tertiary/aromatic N) is 2. The Kier molecular flexibility index (Phi) is 6.43. The molecule has 0 aromatic carbocycles. The van der Waals surface area contributed by atoms with Gasteiger partial charge in [0.2, 0.25) is 0 Å². The van der Waals surface area contributed by atoms with Gasteiger partial charge in [0.15, 0.2) is 6.23 Å². The van der Waals surface area contributed by atoms with Crippen LogP contribution in [0.4, 0.5) is 9.59 Å². The molecule has 1 aliphatic heterocycles. The van der Waals surface area contributed by atoms with Crippen LogP contribution in [0.1, 0.15) is 27.7 Å². The van der Waals surface area contributed by atoms with E-state index in [9.17, 15) is 14.7 Å². The molecule has 2 amide bonds. The minimum Gasteiger partial charge on any atom is -0.453 e. The van der Waals surface area contributed by atoms with Crippen LogP contribution >= 0.6 is 0 Å². The molecule has 0 spiro atoms. The van der Waals surface area contributed by atoms with Crippen LogP contribution in [0.25, 0.3) is 0 Å². The third-order valence-corrected chi connectivity index (χ3v) is 3.14. The molecule has 8 nitrogen and oxygen atoms in total. The van der Waals surface area contributed by atoms with E-state index in [1.807, 2.05) is 0 Å². The van der Waals surface area contributed by atoms with Crippen LogP contribution in [0.3, 0.4) is 0 Å². The lowest BCUT2D eigenvalue weighted by molar-refractivity contribution is -0.133. The smallest absolute Gasteiger partial charge is 0.412 e. The largest absolute Gasteiger partial charge is 0.453 e. The third kappa shape index (κ3) is 5.03. The zero-order valence-electron chi connectivity index (χ0n) is 13.9. The molecule has 2 atom stereocenters. The fraction of sp³-hybridized carbons (Fsp3) is 0.857. The topological polar surface area (TPSA) is 88.5 Å². The fourth-order valence-electron chi connectivity index (χ4n) is 2.16. The molecule has 2 unspecified atom stereocenters. The molecule has 1 fully saturated rings. The molecule has 1 rings (SSSR count). The van der Waals surface area contributed by atoms with Gasteiger partial charge in [-0.25, -0.2) is 9.59 Å². The van der Waals surface area contributed by atoms with Crippen molar-refractivity contribution in [2.24, 2.45) is 0 Å². The first-order valence-corrected chi connectivity index (χ1v) is 7.29. The Hall–Kier alpha value is -1.54. The molecule has 1 saturated heterocycles. The summed E-state index contributed by atoms with van der Waals surface area (Å²) in [5.41, 5.74) is -0.674. The summed E-state index contributed by atoms with van der Waals surface area (Å²) in [6.07, 6.45) is -2.23. The van der Waals surface area contributed by atoms with Gasteiger partial charge in [-0.1, -0.05) is 0 Å². The predicted molar refractivity (Wildman–Crippen MR) is 78.3 cm³/mol. The molecule has 0 radical (unpaired) electrons. The van der Waals surface area contributed by atoms with Gasteiger partial charge in [0, 0.05) is 13.1 Å². The molecule has 8 heteroatoms. The first-order valence-electron chi connectivity index (χ1n) is 7.29. The number of aliphatic hydroxyl groups excluding tert-OH is 1. The maximum Gasteiger partial charge on any atom is 0.412 e. The lowest BCUT2D eigenvalue weighted by Gasteiger charge is -2.41. The van der Waals surface area contributed by atoms with Crippen molar-refractivity contribution in [3.8, 4) is 0 Å². The second kappa shape index (κ2) is 7.64. The minimum absolute atomic E-state index is 0.0140. The highest BCUT2D eigenvalue weighted by Gasteiger charge is 2.38. The van der Waals surface area contributed by atoms with Crippen LogP contribution in [-0.2, 0) is 14.2 Å².